The molecule has 0 aliphatic heterocycles. The van der Waals surface area contributed by atoms with Crippen molar-refractivity contribution in [2.24, 2.45) is 13.0 Å². The third-order valence-corrected chi connectivity index (χ3v) is 5.93. The maximum Gasteiger partial charge on any atom is 0.392 e. The zero-order valence-corrected chi connectivity index (χ0v) is 15.8. The summed E-state index contributed by atoms with van der Waals surface area (Å²) in [5.74, 6) is -6.79. The smallest absolute Gasteiger partial charge is 0.345 e. The van der Waals surface area contributed by atoms with Gasteiger partial charge in [0, 0.05) is 13.2 Å². The summed E-state index contributed by atoms with van der Waals surface area (Å²) in [6.07, 6.45) is -3.75. The molecule has 1 heterocycles. The molecule has 12 heteroatoms. The molecule has 2 rings (SSSR count). The molecule has 156 valence electrons. The Morgan fingerprint density at radius 3 is 2.48 bits per heavy atom. The van der Waals surface area contributed by atoms with Gasteiger partial charge in [-0.2, -0.15) is 18.4 Å². The van der Waals surface area contributed by atoms with Gasteiger partial charge in [-0.05, 0) is 18.2 Å². The van der Waals surface area contributed by atoms with Crippen LogP contribution < -0.4 is 5.32 Å². The van der Waals surface area contributed by atoms with E-state index in [9.17, 15) is 35.2 Å². The zero-order valence-electron chi connectivity index (χ0n) is 15.0. The van der Waals surface area contributed by atoms with Gasteiger partial charge in [0.1, 0.15) is 23.1 Å². The van der Waals surface area contributed by atoms with Gasteiger partial charge in [0.05, 0.1) is 22.3 Å². The molecule has 0 unspecified atom stereocenters. The molecule has 0 saturated carbocycles. The SMILES string of the molecule is C[C@H](CS(=O)(=O)c1cc(C(=O)Nc2ccc(F)c(C#N)c2F)n(C)c1)C(F)(F)F. The molecule has 6 nitrogen and oxygen atoms in total. The number of amides is 1. The lowest BCUT2D eigenvalue weighted by Gasteiger charge is -2.14. The molecule has 0 bridgehead atoms. The van der Waals surface area contributed by atoms with Crippen LogP contribution in [0.5, 0.6) is 0 Å². The second kappa shape index (κ2) is 7.82. The van der Waals surface area contributed by atoms with E-state index < -0.39 is 61.4 Å². The Morgan fingerprint density at radius 2 is 1.93 bits per heavy atom. The molecule has 1 atom stereocenters. The molecular weight excluding hydrogens is 421 g/mol. The van der Waals surface area contributed by atoms with Gasteiger partial charge in [-0.1, -0.05) is 6.92 Å². The van der Waals surface area contributed by atoms with Crippen LogP contribution in [0.1, 0.15) is 23.0 Å². The Balaban J connectivity index is 2.31. The van der Waals surface area contributed by atoms with Crippen molar-refractivity contribution in [2.45, 2.75) is 18.0 Å². The molecule has 0 spiro atoms. The van der Waals surface area contributed by atoms with Crippen LogP contribution in [0.25, 0.3) is 0 Å². The molecule has 1 aromatic carbocycles. The van der Waals surface area contributed by atoms with Crippen LogP contribution in [0.2, 0.25) is 0 Å². The van der Waals surface area contributed by atoms with Crippen molar-refractivity contribution in [3.8, 4) is 6.07 Å². The summed E-state index contributed by atoms with van der Waals surface area (Å²) >= 11 is 0. The first kappa shape index (κ1) is 22.4. The average molecular weight is 435 g/mol. The van der Waals surface area contributed by atoms with Gasteiger partial charge in [-0.25, -0.2) is 17.2 Å². The minimum absolute atomic E-state index is 0.300. The predicted molar refractivity (Wildman–Crippen MR) is 91.7 cm³/mol. The maximum atomic E-state index is 14.1. The van der Waals surface area contributed by atoms with Crippen molar-refractivity contribution >= 4 is 21.4 Å². The van der Waals surface area contributed by atoms with E-state index in [0.29, 0.717) is 0 Å². The number of hydrogen-bond donors (Lipinski definition) is 1. The first-order chi connectivity index (χ1) is 13.3. The van der Waals surface area contributed by atoms with E-state index in [0.717, 1.165) is 35.9 Å². The van der Waals surface area contributed by atoms with Gasteiger partial charge in [0.2, 0.25) is 0 Å². The van der Waals surface area contributed by atoms with Crippen LogP contribution in [0, 0.1) is 28.9 Å². The lowest BCUT2D eigenvalue weighted by Crippen LogP contribution is -2.27. The number of halogens is 5. The normalized spacial score (nSPS) is 13.0. The van der Waals surface area contributed by atoms with Crippen LogP contribution in [0.3, 0.4) is 0 Å². The summed E-state index contributed by atoms with van der Waals surface area (Å²) in [4.78, 5) is 11.8. The molecule has 1 amide bonds. The standard InChI is InChI=1S/C17H14F5N3O3S/c1-9(17(20,21)22)8-29(27,28)10-5-14(25(2)7-10)16(26)24-13-4-3-12(18)11(6-23)15(13)19/h3-5,7,9H,8H2,1-2H3,(H,24,26)/t9-/m1/s1. The van der Waals surface area contributed by atoms with Crippen molar-refractivity contribution in [2.75, 3.05) is 11.1 Å². The monoisotopic (exact) mass is 435 g/mol. The summed E-state index contributed by atoms with van der Waals surface area (Å²) in [7, 11) is -3.10. The number of nitrogens with one attached hydrogen (secondary N) is 1. The van der Waals surface area contributed by atoms with Crippen molar-refractivity contribution < 1.29 is 35.2 Å². The van der Waals surface area contributed by atoms with Gasteiger partial charge >= 0.3 is 6.18 Å². The van der Waals surface area contributed by atoms with Gasteiger partial charge in [-0.15, -0.1) is 0 Å². The molecule has 1 N–H and O–H groups in total. The van der Waals surface area contributed by atoms with Crippen molar-refractivity contribution in [1.29, 1.82) is 5.26 Å². The minimum Gasteiger partial charge on any atom is -0.345 e. The van der Waals surface area contributed by atoms with E-state index in [1.54, 1.807) is 0 Å². The van der Waals surface area contributed by atoms with E-state index in [-0.39, 0.29) is 5.69 Å². The molecule has 29 heavy (non-hydrogen) atoms. The molecule has 0 saturated heterocycles. The van der Waals surface area contributed by atoms with Crippen LogP contribution >= 0.6 is 0 Å². The second-order valence-electron chi connectivity index (χ2n) is 6.25. The van der Waals surface area contributed by atoms with Gasteiger partial charge in [0.25, 0.3) is 5.91 Å². The van der Waals surface area contributed by atoms with Crippen LogP contribution in [-0.2, 0) is 16.9 Å². The summed E-state index contributed by atoms with van der Waals surface area (Å²) in [6, 6.07) is 3.78. The number of aromatic nitrogens is 1. The Morgan fingerprint density at radius 1 is 1.31 bits per heavy atom. The number of anilines is 1. The molecule has 2 aromatic rings. The summed E-state index contributed by atoms with van der Waals surface area (Å²) < 4.78 is 90.9. The fourth-order valence-corrected chi connectivity index (χ4v) is 4.04. The Labute approximate surface area is 162 Å². The molecular formula is C17H14F5N3O3S. The van der Waals surface area contributed by atoms with E-state index >= 15 is 0 Å². The van der Waals surface area contributed by atoms with Crippen LogP contribution in [0.15, 0.2) is 29.3 Å². The lowest BCUT2D eigenvalue weighted by molar-refractivity contribution is -0.163. The summed E-state index contributed by atoms with van der Waals surface area (Å²) in [5, 5.41) is 10.8. The first-order valence-corrected chi connectivity index (χ1v) is 9.58. The van der Waals surface area contributed by atoms with Crippen molar-refractivity contribution in [3.63, 3.8) is 0 Å². The number of nitrogens with zero attached hydrogens (tertiary/aromatic N) is 2. The Bertz CT molecular complexity index is 1100. The summed E-state index contributed by atoms with van der Waals surface area (Å²) in [6.45, 7) is 0.720. The molecule has 0 aliphatic carbocycles. The van der Waals surface area contributed by atoms with Gasteiger partial charge in [-0.3, -0.25) is 4.79 Å². The number of carbonyl (C=O) groups is 1. The minimum atomic E-state index is -4.71. The van der Waals surface area contributed by atoms with E-state index in [4.69, 9.17) is 5.26 Å². The maximum absolute atomic E-state index is 14.1. The number of rotatable bonds is 5. The third-order valence-electron chi connectivity index (χ3n) is 4.05. The largest absolute Gasteiger partial charge is 0.392 e. The zero-order chi connectivity index (χ0) is 22.1. The number of sulfone groups is 1. The number of aryl methyl sites for hydroxylation is 1. The molecule has 0 radical (unpaired) electrons. The fourth-order valence-electron chi connectivity index (χ4n) is 2.39. The number of benzene rings is 1. The second-order valence-corrected chi connectivity index (χ2v) is 8.28. The molecule has 0 aliphatic rings. The molecule has 1 aromatic heterocycles. The first-order valence-electron chi connectivity index (χ1n) is 7.93. The summed E-state index contributed by atoms with van der Waals surface area (Å²) in [5.41, 5.74) is -1.74. The van der Waals surface area contributed by atoms with Crippen molar-refractivity contribution in [1.82, 2.24) is 4.57 Å². The Kier molecular flexibility index (Phi) is 6.03. The third kappa shape index (κ3) is 4.73. The highest BCUT2D eigenvalue weighted by Gasteiger charge is 2.39. The van der Waals surface area contributed by atoms with E-state index in [2.05, 4.69) is 5.32 Å². The number of carbonyl (C=O) groups excluding carboxylic acids is 1. The highest BCUT2D eigenvalue weighted by Crippen LogP contribution is 2.29. The van der Waals surface area contributed by atoms with E-state index in [1.165, 1.54) is 13.1 Å². The van der Waals surface area contributed by atoms with E-state index in [1.807, 2.05) is 0 Å². The molecule has 0 fully saturated rings. The predicted octanol–water partition coefficient (Wildman–Crippen LogP) is 3.40. The number of nitriles is 1. The number of alkyl halides is 3. The van der Waals surface area contributed by atoms with Gasteiger partial charge < -0.3 is 9.88 Å². The fraction of sp³-hybridized carbons (Fsp3) is 0.294. The van der Waals surface area contributed by atoms with Crippen molar-refractivity contribution in [3.05, 3.63) is 47.3 Å². The topological polar surface area (TPSA) is 92.0 Å². The average Bonchev–Trinajstić information content (AvgIpc) is 2.99. The van der Waals surface area contributed by atoms with Crippen LogP contribution in [-0.4, -0.2) is 30.8 Å². The quantitative estimate of drug-likeness (QED) is 0.729. The van der Waals surface area contributed by atoms with Crippen LogP contribution in [0.4, 0.5) is 27.6 Å². The number of hydrogen-bond acceptors (Lipinski definition) is 4. The Hall–Kier alpha value is -2.94. The highest BCUT2D eigenvalue weighted by molar-refractivity contribution is 7.91. The lowest BCUT2D eigenvalue weighted by atomic mass is 10.2. The van der Waals surface area contributed by atoms with Gasteiger partial charge in [0.15, 0.2) is 15.7 Å². The highest BCUT2D eigenvalue weighted by atomic mass is 32.2.